The van der Waals surface area contributed by atoms with Crippen LogP contribution < -0.4 is 11.1 Å². The molecule has 0 saturated carbocycles. The Balaban J connectivity index is 0.000000158. The summed E-state index contributed by atoms with van der Waals surface area (Å²) < 4.78 is 11.2. The first-order chi connectivity index (χ1) is 19.1. The first-order valence-electron chi connectivity index (χ1n) is 13.0. The fraction of sp³-hybridized carbons (Fsp3) is 0.357. The molecule has 6 rings (SSSR count). The smallest absolute Gasteiger partial charge is 0.265 e. The number of aromatic nitrogens is 6. The highest BCUT2D eigenvalue weighted by molar-refractivity contribution is 9.10. The third-order valence-corrected chi connectivity index (χ3v) is 7.57. The Bertz CT molecular complexity index is 1480. The Morgan fingerprint density at radius 1 is 0.718 bits per heavy atom. The minimum atomic E-state index is -0.145. The molecule has 2 N–H and O–H groups in total. The summed E-state index contributed by atoms with van der Waals surface area (Å²) in [7, 11) is 0. The zero-order chi connectivity index (χ0) is 27.0. The summed E-state index contributed by atoms with van der Waals surface area (Å²) in [6.45, 7) is 2.92. The normalized spacial score (nSPS) is 16.3. The number of H-pyrrole nitrogens is 2. The van der Waals surface area contributed by atoms with E-state index in [1.807, 2.05) is 24.3 Å². The van der Waals surface area contributed by atoms with Crippen LogP contribution in [0.3, 0.4) is 0 Å². The molecule has 2 aliphatic heterocycles. The maximum Gasteiger partial charge on any atom is 0.265 e. The first kappa shape index (κ1) is 27.0. The summed E-state index contributed by atoms with van der Waals surface area (Å²) in [6.07, 6.45) is 10.4. The van der Waals surface area contributed by atoms with Crippen LogP contribution in [0.1, 0.15) is 48.9 Å². The van der Waals surface area contributed by atoms with Crippen molar-refractivity contribution in [1.82, 2.24) is 29.9 Å². The minimum absolute atomic E-state index is 0.108. The zero-order valence-electron chi connectivity index (χ0n) is 21.3. The standard InChI is InChI=1S/C14H14BrN3O2.C14H15N3O2/c15-11-12(9-3-7-20-8-4-9)17-13(18-14(11)19)10-1-5-16-6-2-10;18-13-9-12(10-3-7-19-8-4-10)16-14(17-13)11-1-5-15-6-2-11/h1-2,5-6,9H,3-4,7-8H2,(H,17,18,19);1-2,5-6,9-10H,3-4,7-8H2,(H,16,17,18). The van der Waals surface area contributed by atoms with Crippen molar-refractivity contribution in [2.24, 2.45) is 0 Å². The van der Waals surface area contributed by atoms with E-state index in [-0.39, 0.29) is 17.0 Å². The highest BCUT2D eigenvalue weighted by Gasteiger charge is 2.22. The van der Waals surface area contributed by atoms with E-state index in [1.165, 1.54) is 0 Å². The molecular weight excluding hydrogens is 564 g/mol. The van der Waals surface area contributed by atoms with E-state index < -0.39 is 0 Å². The molecule has 202 valence electrons. The fourth-order valence-corrected chi connectivity index (χ4v) is 5.20. The molecule has 2 aliphatic rings. The Hall–Kier alpha value is -3.54. The Morgan fingerprint density at radius 2 is 1.23 bits per heavy atom. The van der Waals surface area contributed by atoms with Gasteiger partial charge in [-0.2, -0.15) is 0 Å². The fourth-order valence-electron chi connectivity index (χ4n) is 4.69. The van der Waals surface area contributed by atoms with Crippen molar-refractivity contribution in [2.75, 3.05) is 26.4 Å². The molecule has 0 unspecified atom stereocenters. The highest BCUT2D eigenvalue weighted by atomic mass is 79.9. The van der Waals surface area contributed by atoms with Crippen LogP contribution >= 0.6 is 15.9 Å². The average molecular weight is 593 g/mol. The van der Waals surface area contributed by atoms with Crippen LogP contribution in [0.4, 0.5) is 0 Å². The molecule has 4 aromatic heterocycles. The molecule has 0 bridgehead atoms. The molecule has 0 amide bonds. The van der Waals surface area contributed by atoms with Crippen molar-refractivity contribution in [2.45, 2.75) is 37.5 Å². The zero-order valence-corrected chi connectivity index (χ0v) is 22.9. The van der Waals surface area contributed by atoms with Crippen LogP contribution in [0, 0.1) is 0 Å². The number of hydrogen-bond donors (Lipinski definition) is 2. The Morgan fingerprint density at radius 3 is 1.79 bits per heavy atom. The molecular formula is C28H29BrN6O4. The number of nitrogens with one attached hydrogen (secondary N) is 2. The van der Waals surface area contributed by atoms with E-state index in [0.717, 1.165) is 74.6 Å². The third-order valence-electron chi connectivity index (χ3n) is 6.80. The third kappa shape index (κ3) is 6.92. The molecule has 0 atom stereocenters. The van der Waals surface area contributed by atoms with E-state index in [4.69, 9.17) is 9.47 Å². The van der Waals surface area contributed by atoms with Gasteiger partial charge in [0.15, 0.2) is 0 Å². The molecule has 0 spiro atoms. The number of pyridine rings is 2. The summed E-state index contributed by atoms with van der Waals surface area (Å²) in [6, 6.07) is 8.94. The number of ether oxygens (including phenoxy) is 2. The van der Waals surface area contributed by atoms with Gasteiger partial charge in [-0.05, 0) is 65.9 Å². The van der Waals surface area contributed by atoms with Crippen LogP contribution in [-0.4, -0.2) is 56.3 Å². The quantitative estimate of drug-likeness (QED) is 0.359. The maximum atomic E-state index is 12.1. The van der Waals surface area contributed by atoms with E-state index >= 15 is 0 Å². The molecule has 39 heavy (non-hydrogen) atoms. The average Bonchev–Trinajstić information content (AvgIpc) is 3.00. The number of rotatable bonds is 4. The molecule has 2 saturated heterocycles. The van der Waals surface area contributed by atoms with Crippen molar-refractivity contribution in [3.05, 3.63) is 91.7 Å². The summed E-state index contributed by atoms with van der Waals surface area (Å²) in [5.41, 5.74) is 3.17. The molecule has 0 aliphatic carbocycles. The topological polar surface area (TPSA) is 136 Å². The lowest BCUT2D eigenvalue weighted by molar-refractivity contribution is 0.0843. The Kier molecular flexibility index (Phi) is 9.02. The molecule has 2 fully saturated rings. The van der Waals surface area contributed by atoms with Gasteiger partial charge in [0.25, 0.3) is 11.1 Å². The van der Waals surface area contributed by atoms with Crippen LogP contribution in [0.2, 0.25) is 0 Å². The summed E-state index contributed by atoms with van der Waals surface area (Å²) in [4.78, 5) is 46.6. The summed E-state index contributed by atoms with van der Waals surface area (Å²) >= 11 is 3.36. The van der Waals surface area contributed by atoms with E-state index in [1.54, 1.807) is 30.9 Å². The van der Waals surface area contributed by atoms with E-state index in [2.05, 4.69) is 45.8 Å². The van der Waals surface area contributed by atoms with Crippen LogP contribution in [0.15, 0.2) is 69.2 Å². The van der Waals surface area contributed by atoms with Crippen molar-refractivity contribution in [3.8, 4) is 22.8 Å². The molecule has 6 heterocycles. The van der Waals surface area contributed by atoms with E-state index in [0.29, 0.717) is 22.0 Å². The summed E-state index contributed by atoms with van der Waals surface area (Å²) in [5, 5.41) is 0. The predicted octanol–water partition coefficient (Wildman–Crippen LogP) is 4.21. The van der Waals surface area contributed by atoms with Gasteiger partial charge in [0, 0.05) is 80.2 Å². The lowest BCUT2D eigenvalue weighted by Crippen LogP contribution is -2.20. The van der Waals surface area contributed by atoms with Gasteiger partial charge in [0.2, 0.25) is 0 Å². The first-order valence-corrected chi connectivity index (χ1v) is 13.7. The van der Waals surface area contributed by atoms with Crippen LogP contribution in [0.5, 0.6) is 0 Å². The Labute approximate surface area is 233 Å². The van der Waals surface area contributed by atoms with Gasteiger partial charge in [0.05, 0.1) is 11.4 Å². The minimum Gasteiger partial charge on any atom is -0.381 e. The van der Waals surface area contributed by atoms with Crippen molar-refractivity contribution in [1.29, 1.82) is 0 Å². The van der Waals surface area contributed by atoms with Gasteiger partial charge in [-0.1, -0.05) is 0 Å². The van der Waals surface area contributed by atoms with Crippen molar-refractivity contribution in [3.63, 3.8) is 0 Å². The highest BCUT2D eigenvalue weighted by Crippen LogP contribution is 2.30. The second-order valence-electron chi connectivity index (χ2n) is 9.38. The van der Waals surface area contributed by atoms with Crippen molar-refractivity contribution >= 4 is 15.9 Å². The number of hydrogen-bond acceptors (Lipinski definition) is 8. The van der Waals surface area contributed by atoms with Gasteiger partial charge in [-0.3, -0.25) is 19.6 Å². The van der Waals surface area contributed by atoms with Crippen LogP contribution in [0.25, 0.3) is 22.8 Å². The largest absolute Gasteiger partial charge is 0.381 e. The van der Waals surface area contributed by atoms with Gasteiger partial charge >= 0.3 is 0 Å². The number of halogens is 1. The lowest BCUT2D eigenvalue weighted by atomic mass is 9.96. The van der Waals surface area contributed by atoms with Crippen LogP contribution in [-0.2, 0) is 9.47 Å². The second-order valence-corrected chi connectivity index (χ2v) is 10.2. The van der Waals surface area contributed by atoms with Gasteiger partial charge in [-0.15, -0.1) is 0 Å². The second kappa shape index (κ2) is 13.0. The maximum absolute atomic E-state index is 12.1. The molecule has 0 aromatic carbocycles. The predicted molar refractivity (Wildman–Crippen MR) is 149 cm³/mol. The SMILES string of the molecule is O=c1[nH]c(-c2ccncc2)nc(C2CCOCC2)c1Br.O=c1cc(C2CCOCC2)nc(-c2ccncc2)[nH]1. The van der Waals surface area contributed by atoms with Gasteiger partial charge in [0.1, 0.15) is 16.1 Å². The molecule has 4 aromatic rings. The monoisotopic (exact) mass is 592 g/mol. The molecule has 11 heteroatoms. The molecule has 0 radical (unpaired) electrons. The lowest BCUT2D eigenvalue weighted by Gasteiger charge is -2.22. The van der Waals surface area contributed by atoms with E-state index in [9.17, 15) is 9.59 Å². The molecule has 10 nitrogen and oxygen atoms in total. The summed E-state index contributed by atoms with van der Waals surface area (Å²) in [5.74, 6) is 1.77. The number of nitrogens with zero attached hydrogens (tertiary/aromatic N) is 4. The van der Waals surface area contributed by atoms with Gasteiger partial charge in [-0.25, -0.2) is 9.97 Å². The van der Waals surface area contributed by atoms with Gasteiger partial charge < -0.3 is 19.4 Å². The number of aromatic amines is 2. The van der Waals surface area contributed by atoms with Crippen molar-refractivity contribution < 1.29 is 9.47 Å².